The molecule has 0 aliphatic rings. The van der Waals surface area contributed by atoms with Crippen molar-refractivity contribution in [1.82, 2.24) is 4.90 Å². The molecule has 0 fully saturated rings. The van der Waals surface area contributed by atoms with Crippen LogP contribution < -0.4 is 0 Å². The first kappa shape index (κ1) is 29.6. The second-order valence-corrected chi connectivity index (χ2v) is 9.62. The van der Waals surface area contributed by atoms with E-state index in [0.29, 0.717) is 11.8 Å². The van der Waals surface area contributed by atoms with Crippen LogP contribution in [0.25, 0.3) is 0 Å². The molecule has 0 aliphatic heterocycles. The van der Waals surface area contributed by atoms with Crippen molar-refractivity contribution in [2.75, 3.05) is 13.1 Å². The fourth-order valence-corrected chi connectivity index (χ4v) is 4.64. The molecule has 2 heteroatoms. The van der Waals surface area contributed by atoms with Gasteiger partial charge >= 0.3 is 0 Å². The molecular formula is C28H57NO. The molecule has 0 heterocycles. The van der Waals surface area contributed by atoms with E-state index in [2.05, 4.69) is 39.5 Å². The van der Waals surface area contributed by atoms with Crippen molar-refractivity contribution in [1.29, 1.82) is 0 Å². The monoisotopic (exact) mass is 423 g/mol. The van der Waals surface area contributed by atoms with Crippen LogP contribution in [0.3, 0.4) is 0 Å². The number of rotatable bonds is 23. The van der Waals surface area contributed by atoms with E-state index in [-0.39, 0.29) is 5.92 Å². The van der Waals surface area contributed by atoms with Crippen LogP contribution in [0.5, 0.6) is 0 Å². The van der Waals surface area contributed by atoms with Crippen LogP contribution in [0, 0.1) is 5.92 Å². The molecule has 0 aromatic rings. The Kier molecular flexibility index (Phi) is 21.6. The molecule has 30 heavy (non-hydrogen) atoms. The third kappa shape index (κ3) is 16.3. The average Bonchev–Trinajstić information content (AvgIpc) is 2.75. The van der Waals surface area contributed by atoms with Gasteiger partial charge in [0.2, 0.25) is 0 Å². The zero-order valence-corrected chi connectivity index (χ0v) is 21.7. The van der Waals surface area contributed by atoms with Gasteiger partial charge in [0.25, 0.3) is 0 Å². The number of unbranched alkanes of at least 4 members (excludes halogenated alkanes) is 16. The Bertz CT molecular complexity index is 364. The SMILES string of the molecule is CCCCCCCCCCCCCCCCCCCC(=O)C(C)C(C)N(CC)CC. The molecule has 0 saturated carbocycles. The van der Waals surface area contributed by atoms with Crippen LogP contribution >= 0.6 is 0 Å². The Balaban J connectivity index is 3.39. The van der Waals surface area contributed by atoms with Crippen LogP contribution in [-0.2, 0) is 4.79 Å². The number of carbonyl (C=O) groups is 1. The lowest BCUT2D eigenvalue weighted by atomic mass is 9.93. The van der Waals surface area contributed by atoms with Gasteiger partial charge < -0.3 is 4.90 Å². The molecule has 0 radical (unpaired) electrons. The van der Waals surface area contributed by atoms with Gasteiger partial charge in [-0.1, -0.05) is 130 Å². The summed E-state index contributed by atoms with van der Waals surface area (Å²) in [6.45, 7) is 13.1. The maximum absolute atomic E-state index is 12.5. The summed E-state index contributed by atoms with van der Waals surface area (Å²) >= 11 is 0. The first-order chi connectivity index (χ1) is 14.6. The molecule has 2 nitrogen and oxygen atoms in total. The second kappa shape index (κ2) is 21.8. The van der Waals surface area contributed by atoms with Gasteiger partial charge in [-0.3, -0.25) is 4.79 Å². The summed E-state index contributed by atoms with van der Waals surface area (Å²) in [6, 6.07) is 0.373. The summed E-state index contributed by atoms with van der Waals surface area (Å²) in [6.07, 6.45) is 24.4. The lowest BCUT2D eigenvalue weighted by Gasteiger charge is -2.30. The van der Waals surface area contributed by atoms with Crippen molar-refractivity contribution < 1.29 is 4.79 Å². The minimum atomic E-state index is 0.172. The van der Waals surface area contributed by atoms with Crippen LogP contribution in [0.15, 0.2) is 0 Å². The lowest BCUT2D eigenvalue weighted by molar-refractivity contribution is -0.124. The molecule has 180 valence electrons. The molecule has 0 spiro atoms. The zero-order chi connectivity index (χ0) is 22.5. The van der Waals surface area contributed by atoms with Crippen molar-refractivity contribution in [3.05, 3.63) is 0 Å². The van der Waals surface area contributed by atoms with Gasteiger partial charge in [-0.2, -0.15) is 0 Å². The van der Waals surface area contributed by atoms with Gasteiger partial charge in [0.1, 0.15) is 5.78 Å². The number of Topliss-reactive ketones (excluding diaryl/α,β-unsaturated/α-hetero) is 1. The van der Waals surface area contributed by atoms with E-state index in [0.717, 1.165) is 25.9 Å². The van der Waals surface area contributed by atoms with Gasteiger partial charge in [-0.15, -0.1) is 0 Å². The fourth-order valence-electron chi connectivity index (χ4n) is 4.64. The predicted molar refractivity (Wildman–Crippen MR) is 135 cm³/mol. The van der Waals surface area contributed by atoms with Gasteiger partial charge in [-0.05, 0) is 26.4 Å². The zero-order valence-electron chi connectivity index (χ0n) is 21.7. The number of nitrogens with zero attached hydrogens (tertiary/aromatic N) is 1. The third-order valence-electron chi connectivity index (χ3n) is 7.15. The van der Waals surface area contributed by atoms with Crippen LogP contribution in [0.2, 0.25) is 0 Å². The minimum Gasteiger partial charge on any atom is -0.301 e. The summed E-state index contributed by atoms with van der Waals surface area (Å²) in [7, 11) is 0. The highest BCUT2D eigenvalue weighted by Gasteiger charge is 2.23. The maximum atomic E-state index is 12.5. The number of carbonyl (C=O) groups excluding carboxylic acids is 1. The molecule has 0 saturated heterocycles. The van der Waals surface area contributed by atoms with Crippen molar-refractivity contribution in [2.45, 2.75) is 156 Å². The fraction of sp³-hybridized carbons (Fsp3) is 0.964. The van der Waals surface area contributed by atoms with Gasteiger partial charge in [0.05, 0.1) is 0 Å². The van der Waals surface area contributed by atoms with Crippen molar-refractivity contribution in [3.8, 4) is 0 Å². The molecule has 0 aromatic heterocycles. The van der Waals surface area contributed by atoms with E-state index in [1.807, 2.05) is 0 Å². The van der Waals surface area contributed by atoms with Crippen molar-refractivity contribution in [3.63, 3.8) is 0 Å². The Morgan fingerprint density at radius 1 is 0.567 bits per heavy atom. The molecule has 0 aromatic carbocycles. The molecular weight excluding hydrogens is 366 g/mol. The Morgan fingerprint density at radius 3 is 1.23 bits per heavy atom. The van der Waals surface area contributed by atoms with Gasteiger partial charge in [-0.25, -0.2) is 0 Å². The van der Waals surface area contributed by atoms with Crippen LogP contribution in [0.4, 0.5) is 0 Å². The maximum Gasteiger partial charge on any atom is 0.137 e. The van der Waals surface area contributed by atoms with Crippen molar-refractivity contribution in [2.24, 2.45) is 5.92 Å². The summed E-state index contributed by atoms with van der Waals surface area (Å²) in [5.41, 5.74) is 0. The first-order valence-corrected chi connectivity index (χ1v) is 13.8. The largest absolute Gasteiger partial charge is 0.301 e. The Hall–Kier alpha value is -0.370. The average molecular weight is 424 g/mol. The summed E-state index contributed by atoms with van der Waals surface area (Å²) < 4.78 is 0. The predicted octanol–water partition coefficient (Wildman–Crippen LogP) is 8.96. The summed E-state index contributed by atoms with van der Waals surface area (Å²) in [5, 5.41) is 0. The first-order valence-electron chi connectivity index (χ1n) is 13.8. The third-order valence-corrected chi connectivity index (χ3v) is 7.15. The topological polar surface area (TPSA) is 20.3 Å². The molecule has 0 rings (SSSR count). The highest BCUT2D eigenvalue weighted by Crippen LogP contribution is 2.17. The summed E-state index contributed by atoms with van der Waals surface area (Å²) in [5.74, 6) is 0.640. The number of ketones is 1. The normalized spacial score (nSPS) is 13.7. The van der Waals surface area contributed by atoms with E-state index in [1.165, 1.54) is 103 Å². The van der Waals surface area contributed by atoms with Crippen LogP contribution in [-0.4, -0.2) is 29.8 Å². The molecule has 2 atom stereocenters. The standard InChI is InChI=1S/C28H57NO/c1-6-9-10-11-12-13-14-15-16-17-18-19-20-21-22-23-24-25-28(30)26(4)27(5)29(7-2)8-3/h26-27H,6-25H2,1-5H3. The lowest BCUT2D eigenvalue weighted by Crippen LogP contribution is -2.40. The van der Waals surface area contributed by atoms with E-state index in [4.69, 9.17) is 0 Å². The Labute approximate surface area is 191 Å². The minimum absolute atomic E-state index is 0.172. The quantitative estimate of drug-likeness (QED) is 0.153. The molecule has 2 unspecified atom stereocenters. The highest BCUT2D eigenvalue weighted by atomic mass is 16.1. The van der Waals surface area contributed by atoms with E-state index in [1.54, 1.807) is 0 Å². The van der Waals surface area contributed by atoms with Crippen molar-refractivity contribution >= 4 is 5.78 Å². The molecule has 0 aliphatic carbocycles. The van der Waals surface area contributed by atoms with Crippen LogP contribution in [0.1, 0.15) is 150 Å². The van der Waals surface area contributed by atoms with E-state index >= 15 is 0 Å². The molecule has 0 amide bonds. The highest BCUT2D eigenvalue weighted by molar-refractivity contribution is 5.81. The smallest absolute Gasteiger partial charge is 0.137 e. The summed E-state index contributed by atoms with van der Waals surface area (Å²) in [4.78, 5) is 14.9. The molecule has 0 bridgehead atoms. The van der Waals surface area contributed by atoms with Gasteiger partial charge in [0.15, 0.2) is 0 Å². The number of hydrogen-bond donors (Lipinski definition) is 0. The van der Waals surface area contributed by atoms with Gasteiger partial charge in [0, 0.05) is 18.4 Å². The van der Waals surface area contributed by atoms with E-state index < -0.39 is 0 Å². The Morgan fingerprint density at radius 2 is 0.900 bits per heavy atom. The molecule has 0 N–H and O–H groups in total. The van der Waals surface area contributed by atoms with E-state index in [9.17, 15) is 4.79 Å². The number of hydrogen-bond acceptors (Lipinski definition) is 2. The second-order valence-electron chi connectivity index (χ2n) is 9.62.